The van der Waals surface area contributed by atoms with Crippen molar-refractivity contribution in [1.82, 2.24) is 21.4 Å². The molecular weight excluding hydrogens is 488 g/mol. The molecule has 0 fully saturated rings. The van der Waals surface area contributed by atoms with Crippen molar-refractivity contribution >= 4 is 29.2 Å². The lowest BCUT2D eigenvalue weighted by atomic mass is 10.0. The number of unbranched alkanes of at least 4 members (excludes halogenated alkanes) is 1. The molecule has 0 spiro atoms. The molecule has 0 saturated heterocycles. The van der Waals surface area contributed by atoms with Crippen molar-refractivity contribution in [3.8, 4) is 11.1 Å². The van der Waals surface area contributed by atoms with E-state index in [4.69, 9.17) is 11.6 Å². The molecule has 1 aliphatic rings. The van der Waals surface area contributed by atoms with Crippen molar-refractivity contribution in [3.63, 3.8) is 0 Å². The highest BCUT2D eigenvalue weighted by molar-refractivity contribution is 6.27. The SMILES string of the molecule is CC.CC1=NNNN1.CCCCC(=NC)N(C)/C(=C/Cl)C(=O)OC.Cc1ccc(-c2ccccc2)cc1. The Morgan fingerprint density at radius 2 is 1.68 bits per heavy atom. The Labute approximate surface area is 227 Å². The molecule has 0 aromatic heterocycles. The van der Waals surface area contributed by atoms with Crippen LogP contribution in [0.15, 0.2) is 75.9 Å². The van der Waals surface area contributed by atoms with Gasteiger partial charge in [0.2, 0.25) is 0 Å². The van der Waals surface area contributed by atoms with Gasteiger partial charge in [-0.3, -0.25) is 10.4 Å². The average molecular weight is 531 g/mol. The second kappa shape index (κ2) is 20.8. The highest BCUT2D eigenvalue weighted by Gasteiger charge is 2.18. The number of hydrazine groups is 2. The number of hydrogen-bond acceptors (Lipinski definition) is 7. The summed E-state index contributed by atoms with van der Waals surface area (Å²) in [5, 5.41) is 3.68. The number of nitrogens with zero attached hydrogens (tertiary/aromatic N) is 3. The molecule has 2 aromatic carbocycles. The molecule has 0 bridgehead atoms. The van der Waals surface area contributed by atoms with Crippen molar-refractivity contribution in [2.45, 2.75) is 53.9 Å². The molecule has 3 rings (SSSR count). The minimum absolute atomic E-state index is 0.292. The second-order valence-corrected chi connectivity index (χ2v) is 7.80. The lowest BCUT2D eigenvalue weighted by Gasteiger charge is -2.21. The molecule has 0 aliphatic carbocycles. The van der Waals surface area contributed by atoms with Gasteiger partial charge in [-0.05, 0) is 31.4 Å². The van der Waals surface area contributed by atoms with Gasteiger partial charge in [0.05, 0.1) is 7.11 Å². The molecule has 0 radical (unpaired) electrons. The Morgan fingerprint density at radius 1 is 1.08 bits per heavy atom. The van der Waals surface area contributed by atoms with Crippen LogP contribution >= 0.6 is 11.6 Å². The van der Waals surface area contributed by atoms with Crippen LogP contribution < -0.4 is 16.5 Å². The average Bonchev–Trinajstić information content (AvgIpc) is 3.43. The van der Waals surface area contributed by atoms with E-state index in [1.54, 1.807) is 19.0 Å². The molecule has 0 unspecified atom stereocenters. The highest BCUT2D eigenvalue weighted by Crippen LogP contribution is 2.18. The molecule has 37 heavy (non-hydrogen) atoms. The topological polar surface area (TPSA) is 90.4 Å². The maximum atomic E-state index is 11.4. The molecule has 1 heterocycles. The summed E-state index contributed by atoms with van der Waals surface area (Å²) in [6.45, 7) is 10.1. The van der Waals surface area contributed by atoms with Gasteiger partial charge in [-0.1, -0.05) is 99.0 Å². The van der Waals surface area contributed by atoms with E-state index in [-0.39, 0.29) is 0 Å². The van der Waals surface area contributed by atoms with Gasteiger partial charge in [-0.2, -0.15) is 0 Å². The van der Waals surface area contributed by atoms with Crippen LogP contribution in [0.25, 0.3) is 11.1 Å². The van der Waals surface area contributed by atoms with Crippen molar-refractivity contribution < 1.29 is 9.53 Å². The Balaban J connectivity index is 0.000000547. The molecule has 3 N–H and O–H groups in total. The first-order chi connectivity index (χ1) is 17.9. The standard InChI is InChI=1S/C13H12.C11H19ClN2O2.C2H6N4.C2H6/c1-11-7-9-13(10-8-11)12-5-3-2-4-6-12;1-5-6-7-10(13-2)14(3)9(8-12)11(15)16-4;1-2-3-5-6-4-2;1-2/h2-10H,1H3;8H,5-7H2,1-4H3;5-6H,1H3,(H,3,4);1-2H3/b;9-8+,13-10?;;. The summed E-state index contributed by atoms with van der Waals surface area (Å²) in [5.41, 5.74) is 13.1. The Hall–Kier alpha value is -3.36. The molecule has 1 aliphatic heterocycles. The van der Waals surface area contributed by atoms with Gasteiger partial charge >= 0.3 is 5.97 Å². The number of halogens is 1. The van der Waals surface area contributed by atoms with Crippen molar-refractivity contribution in [2.75, 3.05) is 21.2 Å². The van der Waals surface area contributed by atoms with E-state index < -0.39 is 5.97 Å². The van der Waals surface area contributed by atoms with E-state index in [2.05, 4.69) is 93.7 Å². The molecule has 204 valence electrons. The number of aliphatic imine (C=N–C) groups is 1. The lowest BCUT2D eigenvalue weighted by Crippen LogP contribution is -2.33. The molecule has 0 saturated carbocycles. The van der Waals surface area contributed by atoms with Crippen molar-refractivity contribution in [2.24, 2.45) is 10.1 Å². The van der Waals surface area contributed by atoms with Gasteiger partial charge in [-0.25, -0.2) is 10.3 Å². The Kier molecular flexibility index (Phi) is 18.9. The van der Waals surface area contributed by atoms with Crippen LogP contribution in [0.4, 0.5) is 0 Å². The van der Waals surface area contributed by atoms with Crippen LogP contribution in [-0.4, -0.2) is 43.7 Å². The zero-order valence-corrected chi connectivity index (χ0v) is 24.2. The summed E-state index contributed by atoms with van der Waals surface area (Å²) < 4.78 is 4.64. The van der Waals surface area contributed by atoms with E-state index >= 15 is 0 Å². The fourth-order valence-electron chi connectivity index (χ4n) is 2.90. The molecule has 9 heteroatoms. The largest absolute Gasteiger partial charge is 0.464 e. The van der Waals surface area contributed by atoms with Crippen LogP contribution in [0.2, 0.25) is 0 Å². The third-order valence-electron chi connectivity index (χ3n) is 4.94. The smallest absolute Gasteiger partial charge is 0.355 e. The first-order valence-corrected chi connectivity index (χ1v) is 12.8. The van der Waals surface area contributed by atoms with Gasteiger partial charge in [0, 0.05) is 26.1 Å². The normalized spacial score (nSPS) is 12.1. The Morgan fingerprint density at radius 3 is 2.08 bits per heavy atom. The predicted octanol–water partition coefficient (Wildman–Crippen LogP) is 6.01. The third-order valence-corrected chi connectivity index (χ3v) is 5.15. The zero-order valence-electron chi connectivity index (χ0n) is 23.4. The van der Waals surface area contributed by atoms with Crippen LogP contribution in [-0.2, 0) is 9.53 Å². The molecule has 2 aromatic rings. The van der Waals surface area contributed by atoms with Crippen molar-refractivity contribution in [3.05, 3.63) is 71.4 Å². The third kappa shape index (κ3) is 13.5. The monoisotopic (exact) mass is 530 g/mol. The van der Waals surface area contributed by atoms with E-state index in [1.165, 1.54) is 29.3 Å². The fourth-order valence-corrected chi connectivity index (χ4v) is 3.13. The van der Waals surface area contributed by atoms with Crippen molar-refractivity contribution in [1.29, 1.82) is 0 Å². The molecular formula is C28H43ClN6O2. The summed E-state index contributed by atoms with van der Waals surface area (Å²) in [5.74, 6) is 1.21. The molecule has 8 nitrogen and oxygen atoms in total. The number of esters is 1. The highest BCUT2D eigenvalue weighted by atomic mass is 35.5. The summed E-state index contributed by atoms with van der Waals surface area (Å²) in [6.07, 6.45) is 2.91. The number of amidine groups is 2. The van der Waals surface area contributed by atoms with Gasteiger partial charge in [0.1, 0.15) is 17.4 Å². The summed E-state index contributed by atoms with van der Waals surface area (Å²) in [4.78, 5) is 17.2. The van der Waals surface area contributed by atoms with Crippen LogP contribution in [0, 0.1) is 6.92 Å². The number of nitrogens with one attached hydrogen (secondary N) is 3. The first-order valence-electron chi connectivity index (χ1n) is 12.4. The number of likely N-dealkylation sites (N-methyl/N-ethyl adjacent to an activating group) is 1. The maximum Gasteiger partial charge on any atom is 0.355 e. The Bertz CT molecular complexity index is 976. The molecule has 0 atom stereocenters. The van der Waals surface area contributed by atoms with Gasteiger partial charge in [0.25, 0.3) is 0 Å². The van der Waals surface area contributed by atoms with E-state index in [0.29, 0.717) is 5.70 Å². The summed E-state index contributed by atoms with van der Waals surface area (Å²) in [7, 11) is 4.78. The van der Waals surface area contributed by atoms with Gasteiger partial charge in [0.15, 0.2) is 0 Å². The van der Waals surface area contributed by atoms with E-state index in [0.717, 1.165) is 30.9 Å². The number of rotatable bonds is 6. The number of benzene rings is 2. The van der Waals surface area contributed by atoms with Crippen LogP contribution in [0.3, 0.4) is 0 Å². The zero-order chi connectivity index (χ0) is 28.1. The van der Waals surface area contributed by atoms with E-state index in [1.807, 2.05) is 26.8 Å². The second-order valence-electron chi connectivity index (χ2n) is 7.58. The number of carbonyl (C=O) groups excluding carboxylic acids is 1. The minimum atomic E-state index is -0.463. The number of carbonyl (C=O) groups is 1. The van der Waals surface area contributed by atoms with Crippen LogP contribution in [0.5, 0.6) is 0 Å². The summed E-state index contributed by atoms with van der Waals surface area (Å²) in [6, 6.07) is 19.0. The van der Waals surface area contributed by atoms with E-state index in [9.17, 15) is 4.79 Å². The quantitative estimate of drug-likeness (QED) is 0.183. The maximum absolute atomic E-state index is 11.4. The van der Waals surface area contributed by atoms with Gasteiger partial charge < -0.3 is 9.64 Å². The summed E-state index contributed by atoms with van der Waals surface area (Å²) >= 11 is 5.61. The number of hydrazone groups is 1. The van der Waals surface area contributed by atoms with Gasteiger partial charge in [-0.15, -0.1) is 10.6 Å². The molecule has 0 amide bonds. The first kappa shape index (κ1) is 33.6. The fraction of sp³-hybridized carbons (Fsp3) is 0.393. The number of ether oxygens (including phenoxy) is 1. The number of hydrogen-bond donors (Lipinski definition) is 3. The lowest BCUT2D eigenvalue weighted by molar-refractivity contribution is -0.137. The number of methoxy groups -OCH3 is 1. The predicted molar refractivity (Wildman–Crippen MR) is 157 cm³/mol. The number of aryl methyl sites for hydroxylation is 1. The van der Waals surface area contributed by atoms with Crippen LogP contribution in [0.1, 0.15) is 52.5 Å². The minimum Gasteiger partial charge on any atom is -0.464 e.